The van der Waals surface area contributed by atoms with Crippen molar-refractivity contribution in [2.24, 2.45) is 0 Å². The number of aromatic amines is 1. The van der Waals surface area contributed by atoms with E-state index < -0.39 is 0 Å². The Labute approximate surface area is 142 Å². The number of ether oxygens (including phenoxy) is 1. The van der Waals surface area contributed by atoms with Gasteiger partial charge in [0.05, 0.1) is 12.5 Å². The van der Waals surface area contributed by atoms with E-state index in [1.165, 1.54) is 11.1 Å². The molecule has 0 amide bonds. The molecular weight excluding hydrogens is 300 g/mol. The van der Waals surface area contributed by atoms with E-state index in [-0.39, 0.29) is 0 Å². The fourth-order valence-corrected chi connectivity index (χ4v) is 2.97. The van der Waals surface area contributed by atoms with Gasteiger partial charge in [-0.3, -0.25) is 5.10 Å². The Balaban J connectivity index is 1.65. The highest BCUT2D eigenvalue weighted by atomic mass is 16.5. The van der Waals surface area contributed by atoms with Gasteiger partial charge < -0.3 is 10.1 Å². The van der Waals surface area contributed by atoms with Crippen molar-refractivity contribution in [1.29, 1.82) is 0 Å². The van der Waals surface area contributed by atoms with E-state index in [4.69, 9.17) is 4.74 Å². The van der Waals surface area contributed by atoms with Crippen LogP contribution in [0.25, 0.3) is 11.0 Å². The molecule has 0 aliphatic heterocycles. The van der Waals surface area contributed by atoms with Gasteiger partial charge in [-0.15, -0.1) is 0 Å². The number of nitrogens with one attached hydrogen (secondary N) is 2. The first kappa shape index (κ1) is 16.3. The first-order chi connectivity index (χ1) is 11.6. The van der Waals surface area contributed by atoms with E-state index in [0.29, 0.717) is 6.04 Å². The number of benzene rings is 1. The van der Waals surface area contributed by atoms with Gasteiger partial charge in [-0.1, -0.05) is 12.1 Å². The van der Waals surface area contributed by atoms with Crippen molar-refractivity contribution >= 4 is 16.9 Å². The molecule has 2 heterocycles. The quantitative estimate of drug-likeness (QED) is 0.719. The normalized spacial score (nSPS) is 12.3. The van der Waals surface area contributed by atoms with Crippen LogP contribution in [0.3, 0.4) is 0 Å². The largest absolute Gasteiger partial charge is 0.497 e. The zero-order valence-corrected chi connectivity index (χ0v) is 14.7. The maximum Gasteiger partial charge on any atom is 0.157 e. The van der Waals surface area contributed by atoms with E-state index in [9.17, 15) is 0 Å². The van der Waals surface area contributed by atoms with Crippen molar-refractivity contribution in [2.45, 2.75) is 39.7 Å². The molecule has 24 heavy (non-hydrogen) atoms. The number of fused-ring (bicyclic) bond motifs is 1. The maximum absolute atomic E-state index is 5.20. The van der Waals surface area contributed by atoms with E-state index in [1.54, 1.807) is 7.11 Å². The summed E-state index contributed by atoms with van der Waals surface area (Å²) in [6.07, 6.45) is 2.04. The molecule has 126 valence electrons. The summed E-state index contributed by atoms with van der Waals surface area (Å²) in [5, 5.41) is 12.0. The summed E-state index contributed by atoms with van der Waals surface area (Å²) in [6, 6.07) is 10.7. The molecule has 0 unspecified atom stereocenters. The van der Waals surface area contributed by atoms with Crippen molar-refractivity contribution < 1.29 is 4.74 Å². The second-order valence-electron chi connectivity index (χ2n) is 6.31. The second-order valence-corrected chi connectivity index (χ2v) is 6.31. The van der Waals surface area contributed by atoms with Gasteiger partial charge in [0.15, 0.2) is 11.5 Å². The second kappa shape index (κ2) is 6.91. The third-order valence-electron chi connectivity index (χ3n) is 4.26. The molecule has 0 radical (unpaired) electrons. The summed E-state index contributed by atoms with van der Waals surface area (Å²) < 4.78 is 5.20. The van der Waals surface area contributed by atoms with Crippen LogP contribution in [-0.2, 0) is 6.42 Å². The minimum atomic E-state index is 0.319. The van der Waals surface area contributed by atoms with Gasteiger partial charge >= 0.3 is 0 Å². The van der Waals surface area contributed by atoms with Gasteiger partial charge in [0.1, 0.15) is 5.75 Å². The van der Waals surface area contributed by atoms with Crippen LogP contribution in [0, 0.1) is 13.8 Å². The highest BCUT2D eigenvalue weighted by molar-refractivity contribution is 5.90. The number of nitrogens with zero attached hydrogens (tertiary/aromatic N) is 2. The monoisotopic (exact) mass is 324 g/mol. The molecule has 3 rings (SSSR count). The molecule has 1 aromatic carbocycles. The van der Waals surface area contributed by atoms with Gasteiger partial charge in [-0.2, -0.15) is 5.10 Å². The van der Waals surface area contributed by atoms with Crippen LogP contribution >= 0.6 is 0 Å². The molecule has 2 aromatic heterocycles. The lowest BCUT2D eigenvalue weighted by Crippen LogP contribution is -2.16. The first-order valence-electron chi connectivity index (χ1n) is 8.28. The highest BCUT2D eigenvalue weighted by Gasteiger charge is 2.12. The van der Waals surface area contributed by atoms with E-state index in [0.717, 1.165) is 41.1 Å². The van der Waals surface area contributed by atoms with E-state index in [1.807, 2.05) is 19.1 Å². The van der Waals surface area contributed by atoms with Gasteiger partial charge in [0.2, 0.25) is 0 Å². The molecular formula is C19H24N4O. The van der Waals surface area contributed by atoms with E-state index in [2.05, 4.69) is 52.5 Å². The van der Waals surface area contributed by atoms with Gasteiger partial charge in [-0.05, 0) is 62.9 Å². The van der Waals surface area contributed by atoms with E-state index >= 15 is 0 Å². The summed E-state index contributed by atoms with van der Waals surface area (Å²) in [7, 11) is 1.69. The molecule has 0 saturated heterocycles. The number of hydrogen-bond acceptors (Lipinski definition) is 4. The fourth-order valence-electron chi connectivity index (χ4n) is 2.97. The van der Waals surface area contributed by atoms with Gasteiger partial charge in [0, 0.05) is 11.7 Å². The van der Waals surface area contributed by atoms with Crippen molar-refractivity contribution in [1.82, 2.24) is 15.2 Å². The molecule has 0 bridgehead atoms. The number of H-pyrrole nitrogens is 1. The third kappa shape index (κ3) is 3.50. The van der Waals surface area contributed by atoms with Crippen molar-refractivity contribution in [3.05, 3.63) is 47.2 Å². The summed E-state index contributed by atoms with van der Waals surface area (Å²) in [6.45, 7) is 6.28. The van der Waals surface area contributed by atoms with Crippen LogP contribution in [0.5, 0.6) is 5.75 Å². The van der Waals surface area contributed by atoms with Crippen LogP contribution in [-0.4, -0.2) is 28.3 Å². The Bertz CT molecular complexity index is 823. The fraction of sp³-hybridized carbons (Fsp3) is 0.368. The molecule has 1 atom stereocenters. The molecule has 0 aliphatic rings. The lowest BCUT2D eigenvalue weighted by molar-refractivity contribution is 0.414. The predicted octanol–water partition coefficient (Wildman–Crippen LogP) is 4.02. The minimum absolute atomic E-state index is 0.319. The zero-order valence-electron chi connectivity index (χ0n) is 14.7. The standard InChI is InChI=1S/C19H24N4O/c1-12-11-14(3)21-19-17(12)18(22-23-19)20-13(2)5-6-15-7-9-16(24-4)10-8-15/h7-11,13H,5-6H2,1-4H3,(H2,20,21,22,23)/t13-/m0/s1. The van der Waals surface area contributed by atoms with Crippen LogP contribution in [0.2, 0.25) is 0 Å². The maximum atomic E-state index is 5.20. The SMILES string of the molecule is COc1ccc(CC[C@H](C)Nc2n[nH]c3nc(C)cc(C)c23)cc1. The van der Waals surface area contributed by atoms with Crippen molar-refractivity contribution in [2.75, 3.05) is 12.4 Å². The Morgan fingerprint density at radius 2 is 1.96 bits per heavy atom. The summed E-state index contributed by atoms with van der Waals surface area (Å²) in [5.41, 5.74) is 4.35. The molecule has 0 saturated carbocycles. The van der Waals surface area contributed by atoms with Crippen LogP contribution < -0.4 is 10.1 Å². The summed E-state index contributed by atoms with van der Waals surface area (Å²) >= 11 is 0. The molecule has 2 N–H and O–H groups in total. The third-order valence-corrected chi connectivity index (χ3v) is 4.26. The number of pyridine rings is 1. The number of anilines is 1. The summed E-state index contributed by atoms with van der Waals surface area (Å²) in [5.74, 6) is 1.78. The Morgan fingerprint density at radius 1 is 1.21 bits per heavy atom. The molecule has 5 heteroatoms. The topological polar surface area (TPSA) is 62.8 Å². The Kier molecular flexibility index (Phi) is 4.69. The molecule has 0 fully saturated rings. The van der Waals surface area contributed by atoms with Crippen LogP contribution in [0.1, 0.15) is 30.2 Å². The number of hydrogen-bond donors (Lipinski definition) is 2. The average Bonchev–Trinajstić information content (AvgIpc) is 2.96. The molecule has 5 nitrogen and oxygen atoms in total. The first-order valence-corrected chi connectivity index (χ1v) is 8.28. The van der Waals surface area contributed by atoms with Crippen LogP contribution in [0.4, 0.5) is 5.82 Å². The summed E-state index contributed by atoms with van der Waals surface area (Å²) in [4.78, 5) is 4.50. The molecule has 3 aromatic rings. The molecule has 0 spiro atoms. The van der Waals surface area contributed by atoms with Crippen molar-refractivity contribution in [3.63, 3.8) is 0 Å². The smallest absolute Gasteiger partial charge is 0.157 e. The average molecular weight is 324 g/mol. The number of rotatable bonds is 6. The van der Waals surface area contributed by atoms with Crippen LogP contribution in [0.15, 0.2) is 30.3 Å². The number of aromatic nitrogens is 3. The highest BCUT2D eigenvalue weighted by Crippen LogP contribution is 2.24. The molecule has 0 aliphatic carbocycles. The van der Waals surface area contributed by atoms with Gasteiger partial charge in [0.25, 0.3) is 0 Å². The number of aryl methyl sites for hydroxylation is 3. The zero-order chi connectivity index (χ0) is 17.1. The lowest BCUT2D eigenvalue weighted by atomic mass is 10.1. The Hall–Kier alpha value is -2.56. The number of methoxy groups -OCH3 is 1. The van der Waals surface area contributed by atoms with Crippen molar-refractivity contribution in [3.8, 4) is 5.75 Å². The minimum Gasteiger partial charge on any atom is -0.497 e. The Morgan fingerprint density at radius 3 is 2.67 bits per heavy atom. The predicted molar refractivity (Wildman–Crippen MR) is 97.8 cm³/mol. The lowest BCUT2D eigenvalue weighted by Gasteiger charge is -2.14. The van der Waals surface area contributed by atoms with Gasteiger partial charge in [-0.25, -0.2) is 4.98 Å².